The van der Waals surface area contributed by atoms with Crippen molar-refractivity contribution in [1.82, 2.24) is 5.32 Å². The number of rotatable bonds is 1. The van der Waals surface area contributed by atoms with Gasteiger partial charge in [-0.15, -0.1) is 0 Å². The predicted octanol–water partition coefficient (Wildman–Crippen LogP) is 3.37. The van der Waals surface area contributed by atoms with Crippen molar-refractivity contribution >= 4 is 0 Å². The van der Waals surface area contributed by atoms with Gasteiger partial charge in [-0.05, 0) is 42.2 Å². The SMILES string of the molecule is Cc1ccc2c(c1)CCNC2c1cccc(F)c1. The molecule has 2 aromatic carbocycles. The molecule has 0 saturated carbocycles. The van der Waals surface area contributed by atoms with E-state index in [0.717, 1.165) is 18.5 Å². The van der Waals surface area contributed by atoms with Crippen molar-refractivity contribution in [3.05, 3.63) is 70.5 Å². The van der Waals surface area contributed by atoms with E-state index in [-0.39, 0.29) is 11.9 Å². The minimum absolute atomic E-state index is 0.116. The van der Waals surface area contributed by atoms with E-state index in [2.05, 4.69) is 30.4 Å². The van der Waals surface area contributed by atoms with Gasteiger partial charge in [-0.3, -0.25) is 0 Å². The lowest BCUT2D eigenvalue weighted by molar-refractivity contribution is 0.560. The van der Waals surface area contributed by atoms with Gasteiger partial charge in [0.15, 0.2) is 0 Å². The highest BCUT2D eigenvalue weighted by atomic mass is 19.1. The Balaban J connectivity index is 2.06. The predicted molar refractivity (Wildman–Crippen MR) is 71.1 cm³/mol. The Morgan fingerprint density at radius 3 is 2.89 bits per heavy atom. The first-order valence-corrected chi connectivity index (χ1v) is 6.32. The summed E-state index contributed by atoms with van der Waals surface area (Å²) in [5, 5.41) is 3.47. The summed E-state index contributed by atoms with van der Waals surface area (Å²) in [6, 6.07) is 13.5. The molecule has 1 aliphatic heterocycles. The van der Waals surface area contributed by atoms with Crippen LogP contribution < -0.4 is 5.32 Å². The van der Waals surface area contributed by atoms with Gasteiger partial charge in [-0.1, -0.05) is 35.9 Å². The molecule has 0 bridgehead atoms. The number of nitrogens with one attached hydrogen (secondary N) is 1. The summed E-state index contributed by atoms with van der Waals surface area (Å²) in [4.78, 5) is 0. The third-order valence-electron chi connectivity index (χ3n) is 3.53. The van der Waals surface area contributed by atoms with Gasteiger partial charge in [-0.25, -0.2) is 4.39 Å². The molecule has 1 atom stereocenters. The van der Waals surface area contributed by atoms with Gasteiger partial charge in [0.25, 0.3) is 0 Å². The lowest BCUT2D eigenvalue weighted by Gasteiger charge is -2.27. The largest absolute Gasteiger partial charge is 0.306 e. The molecule has 3 rings (SSSR count). The van der Waals surface area contributed by atoms with Crippen LogP contribution in [-0.2, 0) is 6.42 Å². The molecule has 2 aromatic rings. The first-order valence-electron chi connectivity index (χ1n) is 6.32. The highest BCUT2D eigenvalue weighted by molar-refractivity contribution is 5.41. The first kappa shape index (κ1) is 11.4. The van der Waals surface area contributed by atoms with Gasteiger partial charge in [0.1, 0.15) is 5.82 Å². The van der Waals surface area contributed by atoms with Gasteiger partial charge >= 0.3 is 0 Å². The van der Waals surface area contributed by atoms with E-state index in [1.54, 1.807) is 12.1 Å². The van der Waals surface area contributed by atoms with Crippen molar-refractivity contribution in [2.45, 2.75) is 19.4 Å². The van der Waals surface area contributed by atoms with Crippen LogP contribution in [0.1, 0.15) is 28.3 Å². The second-order valence-electron chi connectivity index (χ2n) is 4.89. The van der Waals surface area contributed by atoms with Gasteiger partial charge in [0.05, 0.1) is 6.04 Å². The average molecular weight is 241 g/mol. The van der Waals surface area contributed by atoms with Crippen LogP contribution in [0.4, 0.5) is 4.39 Å². The summed E-state index contributed by atoms with van der Waals surface area (Å²) >= 11 is 0. The zero-order chi connectivity index (χ0) is 12.5. The summed E-state index contributed by atoms with van der Waals surface area (Å²) in [5.74, 6) is -0.173. The maximum atomic E-state index is 13.3. The molecule has 0 aliphatic carbocycles. The monoisotopic (exact) mass is 241 g/mol. The lowest BCUT2D eigenvalue weighted by atomic mass is 9.89. The number of hydrogen-bond acceptors (Lipinski definition) is 1. The Morgan fingerprint density at radius 2 is 2.06 bits per heavy atom. The van der Waals surface area contributed by atoms with Crippen LogP contribution in [-0.4, -0.2) is 6.54 Å². The molecule has 0 saturated heterocycles. The minimum Gasteiger partial charge on any atom is -0.306 e. The van der Waals surface area contributed by atoms with Crippen LogP contribution in [0.2, 0.25) is 0 Å². The molecular weight excluding hydrogens is 225 g/mol. The van der Waals surface area contributed by atoms with E-state index < -0.39 is 0 Å². The molecule has 1 unspecified atom stereocenters. The standard InChI is InChI=1S/C16H16FN/c1-11-5-6-15-12(9-11)7-8-18-16(15)13-3-2-4-14(17)10-13/h2-6,9-10,16,18H,7-8H2,1H3. The minimum atomic E-state index is -0.173. The number of hydrogen-bond donors (Lipinski definition) is 1. The molecule has 1 aliphatic rings. The number of benzene rings is 2. The van der Waals surface area contributed by atoms with E-state index in [9.17, 15) is 4.39 Å². The van der Waals surface area contributed by atoms with Gasteiger partial charge in [0, 0.05) is 6.54 Å². The Labute approximate surface area is 107 Å². The fourth-order valence-corrected chi connectivity index (χ4v) is 2.68. The topological polar surface area (TPSA) is 12.0 Å². The summed E-state index contributed by atoms with van der Waals surface area (Å²) in [6.07, 6.45) is 1.04. The van der Waals surface area contributed by atoms with Crippen molar-refractivity contribution in [2.24, 2.45) is 0 Å². The zero-order valence-electron chi connectivity index (χ0n) is 10.4. The molecule has 2 heteroatoms. The zero-order valence-corrected chi connectivity index (χ0v) is 10.4. The fourth-order valence-electron chi connectivity index (χ4n) is 2.68. The smallest absolute Gasteiger partial charge is 0.123 e. The van der Waals surface area contributed by atoms with Crippen LogP contribution in [0.15, 0.2) is 42.5 Å². The number of fused-ring (bicyclic) bond motifs is 1. The summed E-state index contributed by atoms with van der Waals surface area (Å²) in [5.41, 5.74) is 4.94. The second kappa shape index (κ2) is 4.54. The normalized spacial score (nSPS) is 18.4. The Hall–Kier alpha value is -1.67. The van der Waals surface area contributed by atoms with Gasteiger partial charge in [0.2, 0.25) is 0 Å². The van der Waals surface area contributed by atoms with E-state index in [0.29, 0.717) is 0 Å². The van der Waals surface area contributed by atoms with Crippen LogP contribution >= 0.6 is 0 Å². The van der Waals surface area contributed by atoms with E-state index in [1.807, 2.05) is 6.07 Å². The molecule has 0 amide bonds. The molecule has 1 N–H and O–H groups in total. The van der Waals surface area contributed by atoms with Crippen molar-refractivity contribution in [1.29, 1.82) is 0 Å². The van der Waals surface area contributed by atoms with Crippen LogP contribution in [0, 0.1) is 12.7 Å². The molecule has 1 nitrogen and oxygen atoms in total. The van der Waals surface area contributed by atoms with E-state index in [1.165, 1.54) is 22.8 Å². The quantitative estimate of drug-likeness (QED) is 0.807. The highest BCUT2D eigenvalue weighted by Gasteiger charge is 2.21. The molecule has 18 heavy (non-hydrogen) atoms. The third kappa shape index (κ3) is 2.04. The number of aryl methyl sites for hydroxylation is 1. The second-order valence-corrected chi connectivity index (χ2v) is 4.89. The molecule has 0 aromatic heterocycles. The Kier molecular flexibility index (Phi) is 2.88. The first-order chi connectivity index (χ1) is 8.74. The van der Waals surface area contributed by atoms with Crippen molar-refractivity contribution in [3.8, 4) is 0 Å². The van der Waals surface area contributed by atoms with Gasteiger partial charge in [-0.2, -0.15) is 0 Å². The van der Waals surface area contributed by atoms with Gasteiger partial charge < -0.3 is 5.32 Å². The summed E-state index contributed by atoms with van der Waals surface area (Å²) in [7, 11) is 0. The molecule has 0 radical (unpaired) electrons. The van der Waals surface area contributed by atoms with Crippen molar-refractivity contribution in [3.63, 3.8) is 0 Å². The summed E-state index contributed by atoms with van der Waals surface area (Å²) in [6.45, 7) is 3.05. The maximum absolute atomic E-state index is 13.3. The highest BCUT2D eigenvalue weighted by Crippen LogP contribution is 2.29. The lowest BCUT2D eigenvalue weighted by Crippen LogP contribution is -2.30. The van der Waals surface area contributed by atoms with Crippen LogP contribution in [0.3, 0.4) is 0 Å². The third-order valence-corrected chi connectivity index (χ3v) is 3.53. The Bertz CT molecular complexity index is 577. The number of halogens is 1. The maximum Gasteiger partial charge on any atom is 0.123 e. The average Bonchev–Trinajstić information content (AvgIpc) is 2.37. The fraction of sp³-hybridized carbons (Fsp3) is 0.250. The molecule has 1 heterocycles. The van der Waals surface area contributed by atoms with E-state index in [4.69, 9.17) is 0 Å². The van der Waals surface area contributed by atoms with Crippen LogP contribution in [0.25, 0.3) is 0 Å². The Morgan fingerprint density at radius 1 is 1.17 bits per heavy atom. The molecule has 0 fully saturated rings. The van der Waals surface area contributed by atoms with Crippen molar-refractivity contribution in [2.75, 3.05) is 6.54 Å². The van der Waals surface area contributed by atoms with Crippen molar-refractivity contribution < 1.29 is 4.39 Å². The molecule has 92 valence electrons. The molecule has 0 spiro atoms. The van der Waals surface area contributed by atoms with E-state index >= 15 is 0 Å². The molecular formula is C16H16FN. The van der Waals surface area contributed by atoms with Crippen LogP contribution in [0.5, 0.6) is 0 Å². The summed E-state index contributed by atoms with van der Waals surface area (Å²) < 4.78 is 13.3.